The zero-order chi connectivity index (χ0) is 16.5. The molecule has 1 fully saturated rings. The van der Waals surface area contributed by atoms with Gasteiger partial charge in [0.1, 0.15) is 11.8 Å². The van der Waals surface area contributed by atoms with Gasteiger partial charge in [-0.1, -0.05) is 12.1 Å². The number of nitrogens with zero attached hydrogens (tertiary/aromatic N) is 4. The number of rotatable bonds is 3. The summed E-state index contributed by atoms with van der Waals surface area (Å²) in [7, 11) is 1.87. The van der Waals surface area contributed by atoms with Crippen LogP contribution in [0.2, 0.25) is 0 Å². The smallest absolute Gasteiger partial charge is 0.271 e. The molecule has 0 saturated carbocycles. The Hall–Kier alpha value is -2.80. The van der Waals surface area contributed by atoms with Gasteiger partial charge in [-0.05, 0) is 24.6 Å². The lowest BCUT2D eigenvalue weighted by Crippen LogP contribution is -2.37. The van der Waals surface area contributed by atoms with Crippen LogP contribution in [0.25, 0.3) is 11.0 Å². The summed E-state index contributed by atoms with van der Waals surface area (Å²) < 4.78 is 7.56. The van der Waals surface area contributed by atoms with Crippen molar-refractivity contribution in [3.63, 3.8) is 0 Å². The van der Waals surface area contributed by atoms with Crippen molar-refractivity contribution in [1.29, 1.82) is 0 Å². The number of hydrogen-bond donors (Lipinski definition) is 1. The molecule has 1 saturated heterocycles. The standard InChI is InChI=1S/C17H17N5O2/c1-22-15(6-8-19-22)16-13(7-9-24-16)21-17(23)14-10-18-11-4-2-3-5-12(11)20-14/h2-6,8,10,13,16H,7,9H2,1H3,(H,21,23)/t13-,16-/m0/s1. The van der Waals surface area contributed by atoms with E-state index in [0.29, 0.717) is 17.8 Å². The molecule has 4 rings (SSSR count). The molecular weight excluding hydrogens is 306 g/mol. The second-order valence-electron chi connectivity index (χ2n) is 5.78. The largest absolute Gasteiger partial charge is 0.370 e. The van der Waals surface area contributed by atoms with Gasteiger partial charge in [0.2, 0.25) is 0 Å². The Morgan fingerprint density at radius 3 is 2.92 bits per heavy atom. The molecule has 7 nitrogen and oxygen atoms in total. The number of ether oxygens (including phenoxy) is 1. The van der Waals surface area contributed by atoms with E-state index in [1.807, 2.05) is 37.4 Å². The quantitative estimate of drug-likeness (QED) is 0.792. The van der Waals surface area contributed by atoms with Gasteiger partial charge >= 0.3 is 0 Å². The number of amides is 1. The molecule has 1 aliphatic heterocycles. The van der Waals surface area contributed by atoms with E-state index in [9.17, 15) is 4.79 Å². The van der Waals surface area contributed by atoms with Crippen molar-refractivity contribution in [2.45, 2.75) is 18.6 Å². The average molecular weight is 323 g/mol. The first kappa shape index (κ1) is 14.8. The zero-order valence-corrected chi connectivity index (χ0v) is 13.2. The van der Waals surface area contributed by atoms with E-state index in [1.54, 1.807) is 10.9 Å². The Morgan fingerprint density at radius 2 is 2.12 bits per heavy atom. The lowest BCUT2D eigenvalue weighted by atomic mass is 10.1. The minimum atomic E-state index is -0.240. The Bertz CT molecular complexity index is 891. The molecule has 0 aliphatic carbocycles. The SMILES string of the molecule is Cn1nccc1[C@H]1OCC[C@@H]1NC(=O)c1cnc2ccccc2n1. The fraction of sp³-hybridized carbons (Fsp3) is 0.294. The number of para-hydroxylation sites is 2. The van der Waals surface area contributed by atoms with Crippen LogP contribution in [0.5, 0.6) is 0 Å². The Morgan fingerprint density at radius 1 is 1.29 bits per heavy atom. The molecule has 2 aromatic heterocycles. The molecule has 1 aliphatic rings. The first-order valence-electron chi connectivity index (χ1n) is 7.84. The van der Waals surface area contributed by atoms with Crippen LogP contribution in [0.3, 0.4) is 0 Å². The third-order valence-electron chi connectivity index (χ3n) is 4.24. The van der Waals surface area contributed by atoms with Crippen molar-refractivity contribution in [1.82, 2.24) is 25.1 Å². The highest BCUT2D eigenvalue weighted by Crippen LogP contribution is 2.28. The highest BCUT2D eigenvalue weighted by molar-refractivity contribution is 5.94. The molecule has 24 heavy (non-hydrogen) atoms. The van der Waals surface area contributed by atoms with Crippen LogP contribution in [0.15, 0.2) is 42.7 Å². The minimum Gasteiger partial charge on any atom is -0.370 e. The Kier molecular flexibility index (Phi) is 3.70. The van der Waals surface area contributed by atoms with Crippen molar-refractivity contribution >= 4 is 16.9 Å². The average Bonchev–Trinajstić information content (AvgIpc) is 3.22. The fourth-order valence-electron chi connectivity index (χ4n) is 3.00. The number of fused-ring (bicyclic) bond motifs is 1. The van der Waals surface area contributed by atoms with E-state index in [-0.39, 0.29) is 18.1 Å². The van der Waals surface area contributed by atoms with Crippen LogP contribution >= 0.6 is 0 Å². The summed E-state index contributed by atoms with van der Waals surface area (Å²) in [5, 5.41) is 7.19. The van der Waals surface area contributed by atoms with E-state index in [2.05, 4.69) is 20.4 Å². The second-order valence-corrected chi connectivity index (χ2v) is 5.78. The molecule has 0 bridgehead atoms. The summed E-state index contributed by atoms with van der Waals surface area (Å²) in [6.07, 6.45) is 3.79. The molecule has 1 aromatic carbocycles. The van der Waals surface area contributed by atoms with Crippen molar-refractivity contribution in [2.75, 3.05) is 6.61 Å². The summed E-state index contributed by atoms with van der Waals surface area (Å²) in [6, 6.07) is 9.28. The van der Waals surface area contributed by atoms with E-state index in [1.165, 1.54) is 6.20 Å². The maximum Gasteiger partial charge on any atom is 0.271 e. The van der Waals surface area contributed by atoms with Gasteiger partial charge in [0.05, 0.1) is 29.0 Å². The third kappa shape index (κ3) is 2.63. The molecular formula is C17H17N5O2. The van der Waals surface area contributed by atoms with Gasteiger partial charge in [-0.2, -0.15) is 5.10 Å². The Balaban J connectivity index is 1.55. The van der Waals surface area contributed by atoms with Crippen LogP contribution in [0, 0.1) is 0 Å². The molecule has 0 radical (unpaired) electrons. The van der Waals surface area contributed by atoms with Crippen molar-refractivity contribution in [3.8, 4) is 0 Å². The number of aryl methyl sites for hydroxylation is 1. The molecule has 2 atom stereocenters. The van der Waals surface area contributed by atoms with Crippen LogP contribution in [-0.2, 0) is 11.8 Å². The van der Waals surface area contributed by atoms with Crippen LogP contribution in [0.1, 0.15) is 28.7 Å². The summed E-state index contributed by atoms with van der Waals surface area (Å²) in [5.74, 6) is -0.240. The molecule has 7 heteroatoms. The summed E-state index contributed by atoms with van der Waals surface area (Å²) >= 11 is 0. The van der Waals surface area contributed by atoms with Gasteiger partial charge in [0.15, 0.2) is 0 Å². The molecule has 1 N–H and O–H groups in total. The molecule has 122 valence electrons. The second kappa shape index (κ2) is 6.01. The van der Waals surface area contributed by atoms with Crippen LogP contribution in [-0.4, -0.2) is 38.3 Å². The van der Waals surface area contributed by atoms with Gasteiger partial charge in [-0.25, -0.2) is 4.98 Å². The zero-order valence-electron chi connectivity index (χ0n) is 13.2. The van der Waals surface area contributed by atoms with Crippen molar-refractivity contribution < 1.29 is 9.53 Å². The molecule has 3 aromatic rings. The lowest BCUT2D eigenvalue weighted by molar-refractivity contribution is 0.0789. The van der Waals surface area contributed by atoms with Crippen molar-refractivity contribution in [2.24, 2.45) is 7.05 Å². The lowest BCUT2D eigenvalue weighted by Gasteiger charge is -2.19. The predicted molar refractivity (Wildman–Crippen MR) is 87.3 cm³/mol. The first-order chi connectivity index (χ1) is 11.7. The number of carbonyl (C=O) groups excluding carboxylic acids is 1. The number of carbonyl (C=O) groups is 1. The molecule has 0 unspecified atom stereocenters. The van der Waals surface area contributed by atoms with Gasteiger partial charge < -0.3 is 10.1 Å². The van der Waals surface area contributed by atoms with E-state index < -0.39 is 0 Å². The van der Waals surface area contributed by atoms with Crippen LogP contribution < -0.4 is 5.32 Å². The van der Waals surface area contributed by atoms with Gasteiger partial charge in [-0.15, -0.1) is 0 Å². The molecule has 0 spiro atoms. The normalized spacial score (nSPS) is 20.4. The highest BCUT2D eigenvalue weighted by atomic mass is 16.5. The number of hydrogen-bond acceptors (Lipinski definition) is 5. The predicted octanol–water partition coefficient (Wildman–Crippen LogP) is 1.62. The Labute approximate surface area is 138 Å². The topological polar surface area (TPSA) is 81.9 Å². The third-order valence-corrected chi connectivity index (χ3v) is 4.24. The maximum atomic E-state index is 12.6. The first-order valence-corrected chi connectivity index (χ1v) is 7.84. The number of aromatic nitrogens is 4. The van der Waals surface area contributed by atoms with E-state index in [4.69, 9.17) is 4.74 Å². The van der Waals surface area contributed by atoms with Gasteiger partial charge in [0, 0.05) is 19.9 Å². The minimum absolute atomic E-state index is 0.110. The van der Waals surface area contributed by atoms with Crippen LogP contribution in [0.4, 0.5) is 0 Å². The monoisotopic (exact) mass is 323 g/mol. The number of benzene rings is 1. The molecule has 1 amide bonds. The molecule has 3 heterocycles. The van der Waals surface area contributed by atoms with E-state index >= 15 is 0 Å². The van der Waals surface area contributed by atoms with Gasteiger partial charge in [-0.3, -0.25) is 14.5 Å². The van der Waals surface area contributed by atoms with Crippen molar-refractivity contribution in [3.05, 3.63) is 54.1 Å². The fourth-order valence-corrected chi connectivity index (χ4v) is 3.00. The van der Waals surface area contributed by atoms with Gasteiger partial charge in [0.25, 0.3) is 5.91 Å². The summed E-state index contributed by atoms with van der Waals surface area (Å²) in [4.78, 5) is 21.2. The number of nitrogens with one attached hydrogen (secondary N) is 1. The summed E-state index contributed by atoms with van der Waals surface area (Å²) in [5.41, 5.74) is 2.73. The maximum absolute atomic E-state index is 12.6. The van der Waals surface area contributed by atoms with E-state index in [0.717, 1.165) is 17.6 Å². The highest BCUT2D eigenvalue weighted by Gasteiger charge is 2.33. The summed E-state index contributed by atoms with van der Waals surface area (Å²) in [6.45, 7) is 0.601.